The standard InChI is InChI=1S/C22H27N5O2/c1-25-9-11-26(12-10-25)20-6-4-19(5-7-20)24-22(29)18-13-21(28)27(16-18)15-17-3-2-8-23-14-17/h2-8,14,18H,9-13,15-16H2,1H3,(H,24,29). The highest BCUT2D eigenvalue weighted by Crippen LogP contribution is 2.23. The van der Waals surface area contributed by atoms with Crippen molar-refractivity contribution in [2.24, 2.45) is 5.92 Å². The molecule has 2 aromatic rings. The summed E-state index contributed by atoms with van der Waals surface area (Å²) in [5.74, 6) is -0.407. The highest BCUT2D eigenvalue weighted by molar-refractivity contribution is 5.97. The summed E-state index contributed by atoms with van der Waals surface area (Å²) in [5.41, 5.74) is 2.92. The number of piperazine rings is 1. The van der Waals surface area contributed by atoms with Gasteiger partial charge in [0.1, 0.15) is 0 Å². The monoisotopic (exact) mass is 393 g/mol. The van der Waals surface area contributed by atoms with Crippen molar-refractivity contribution in [3.8, 4) is 0 Å². The zero-order valence-corrected chi connectivity index (χ0v) is 16.8. The Morgan fingerprint density at radius 1 is 1.14 bits per heavy atom. The second-order valence-electron chi connectivity index (χ2n) is 7.86. The summed E-state index contributed by atoms with van der Waals surface area (Å²) in [6.45, 7) is 5.08. The molecule has 2 saturated heterocycles. The first kappa shape index (κ1) is 19.4. The predicted molar refractivity (Wildman–Crippen MR) is 113 cm³/mol. The summed E-state index contributed by atoms with van der Waals surface area (Å²) in [6.07, 6.45) is 3.72. The second-order valence-corrected chi connectivity index (χ2v) is 7.86. The first-order valence-corrected chi connectivity index (χ1v) is 10.1. The van der Waals surface area contributed by atoms with E-state index in [9.17, 15) is 9.59 Å². The SMILES string of the molecule is CN1CCN(c2ccc(NC(=O)C3CC(=O)N(Cc4cccnc4)C3)cc2)CC1. The number of likely N-dealkylation sites (tertiary alicyclic amines) is 1. The maximum absolute atomic E-state index is 12.7. The molecule has 2 aliphatic rings. The van der Waals surface area contributed by atoms with Gasteiger partial charge in [0.2, 0.25) is 11.8 Å². The summed E-state index contributed by atoms with van der Waals surface area (Å²) >= 11 is 0. The fourth-order valence-electron chi connectivity index (χ4n) is 3.88. The molecule has 0 aliphatic carbocycles. The molecule has 1 atom stereocenters. The average molecular weight is 393 g/mol. The van der Waals surface area contributed by atoms with Crippen molar-refractivity contribution >= 4 is 23.2 Å². The van der Waals surface area contributed by atoms with Crippen molar-refractivity contribution in [3.05, 3.63) is 54.4 Å². The minimum Gasteiger partial charge on any atom is -0.369 e. The van der Waals surface area contributed by atoms with Crippen molar-refractivity contribution in [1.82, 2.24) is 14.8 Å². The number of hydrogen-bond donors (Lipinski definition) is 1. The van der Waals surface area contributed by atoms with Gasteiger partial charge >= 0.3 is 0 Å². The first-order chi connectivity index (χ1) is 14.1. The van der Waals surface area contributed by atoms with E-state index in [1.54, 1.807) is 17.3 Å². The second kappa shape index (κ2) is 8.61. The Hall–Kier alpha value is -2.93. The van der Waals surface area contributed by atoms with Crippen LogP contribution in [0.3, 0.4) is 0 Å². The van der Waals surface area contributed by atoms with Crippen LogP contribution in [0.2, 0.25) is 0 Å². The van der Waals surface area contributed by atoms with Crippen molar-refractivity contribution in [2.75, 3.05) is 50.0 Å². The predicted octanol–water partition coefficient (Wildman–Crippen LogP) is 1.82. The van der Waals surface area contributed by atoms with Gasteiger partial charge in [-0.1, -0.05) is 6.07 Å². The van der Waals surface area contributed by atoms with Gasteiger partial charge in [0.25, 0.3) is 0 Å². The van der Waals surface area contributed by atoms with Gasteiger partial charge < -0.3 is 20.0 Å². The summed E-state index contributed by atoms with van der Waals surface area (Å²) in [5, 5.41) is 2.97. The van der Waals surface area contributed by atoms with Gasteiger partial charge in [0.15, 0.2) is 0 Å². The highest BCUT2D eigenvalue weighted by atomic mass is 16.2. The third-order valence-corrected chi connectivity index (χ3v) is 5.68. The van der Waals surface area contributed by atoms with Gasteiger partial charge in [0, 0.05) is 69.5 Å². The molecule has 29 heavy (non-hydrogen) atoms. The van der Waals surface area contributed by atoms with E-state index in [-0.39, 0.29) is 24.2 Å². The molecule has 0 saturated carbocycles. The number of carbonyl (C=O) groups is 2. The number of likely N-dealkylation sites (N-methyl/N-ethyl adjacent to an activating group) is 1. The molecule has 7 nitrogen and oxygen atoms in total. The average Bonchev–Trinajstić information content (AvgIpc) is 3.10. The molecular formula is C22H27N5O2. The van der Waals surface area contributed by atoms with Gasteiger partial charge in [-0.2, -0.15) is 0 Å². The van der Waals surface area contributed by atoms with Gasteiger partial charge in [-0.3, -0.25) is 14.6 Å². The number of nitrogens with one attached hydrogen (secondary N) is 1. The number of anilines is 2. The minimum atomic E-state index is -0.323. The number of carbonyl (C=O) groups excluding carboxylic acids is 2. The van der Waals surface area contributed by atoms with Crippen LogP contribution in [0.15, 0.2) is 48.8 Å². The van der Waals surface area contributed by atoms with Crippen LogP contribution in [0.25, 0.3) is 0 Å². The Morgan fingerprint density at radius 3 is 2.59 bits per heavy atom. The van der Waals surface area contributed by atoms with E-state index >= 15 is 0 Å². The molecule has 1 unspecified atom stereocenters. The van der Waals surface area contributed by atoms with Crippen LogP contribution < -0.4 is 10.2 Å². The van der Waals surface area contributed by atoms with Crippen molar-refractivity contribution in [1.29, 1.82) is 0 Å². The van der Waals surface area contributed by atoms with Crippen LogP contribution in [0.1, 0.15) is 12.0 Å². The molecule has 2 amide bonds. The maximum atomic E-state index is 12.7. The number of pyridine rings is 1. The molecule has 0 spiro atoms. The molecule has 0 bridgehead atoms. The fraction of sp³-hybridized carbons (Fsp3) is 0.409. The molecule has 1 aromatic carbocycles. The van der Waals surface area contributed by atoms with E-state index in [1.807, 2.05) is 24.3 Å². The number of rotatable bonds is 5. The number of nitrogens with zero attached hydrogens (tertiary/aromatic N) is 4. The summed E-state index contributed by atoms with van der Waals surface area (Å²) < 4.78 is 0. The third kappa shape index (κ3) is 4.74. The summed E-state index contributed by atoms with van der Waals surface area (Å²) in [7, 11) is 2.14. The van der Waals surface area contributed by atoms with Crippen LogP contribution in [-0.2, 0) is 16.1 Å². The lowest BCUT2D eigenvalue weighted by Gasteiger charge is -2.34. The summed E-state index contributed by atoms with van der Waals surface area (Å²) in [4.78, 5) is 35.5. The molecular weight excluding hydrogens is 366 g/mol. The van der Waals surface area contributed by atoms with Crippen LogP contribution in [0.4, 0.5) is 11.4 Å². The molecule has 4 rings (SSSR count). The van der Waals surface area contributed by atoms with Gasteiger partial charge in [-0.15, -0.1) is 0 Å². The molecule has 2 fully saturated rings. The largest absolute Gasteiger partial charge is 0.369 e. The Kier molecular flexibility index (Phi) is 5.76. The van der Waals surface area contributed by atoms with Crippen molar-refractivity contribution < 1.29 is 9.59 Å². The zero-order valence-electron chi connectivity index (χ0n) is 16.8. The molecule has 1 N–H and O–H groups in total. The van der Waals surface area contributed by atoms with Crippen LogP contribution >= 0.6 is 0 Å². The van der Waals surface area contributed by atoms with Crippen molar-refractivity contribution in [3.63, 3.8) is 0 Å². The number of amides is 2. The van der Waals surface area contributed by atoms with E-state index in [0.29, 0.717) is 13.1 Å². The zero-order chi connectivity index (χ0) is 20.2. The highest BCUT2D eigenvalue weighted by Gasteiger charge is 2.34. The first-order valence-electron chi connectivity index (χ1n) is 10.1. The lowest BCUT2D eigenvalue weighted by atomic mass is 10.1. The quantitative estimate of drug-likeness (QED) is 0.839. The lowest BCUT2D eigenvalue weighted by molar-refractivity contribution is -0.128. The Bertz CT molecular complexity index is 847. The minimum absolute atomic E-state index is 0.0133. The molecule has 7 heteroatoms. The van der Waals surface area contributed by atoms with Crippen LogP contribution in [0.5, 0.6) is 0 Å². The van der Waals surface area contributed by atoms with Crippen molar-refractivity contribution in [2.45, 2.75) is 13.0 Å². The maximum Gasteiger partial charge on any atom is 0.229 e. The fourth-order valence-corrected chi connectivity index (χ4v) is 3.88. The van der Waals surface area contributed by atoms with E-state index in [2.05, 4.69) is 39.3 Å². The Balaban J connectivity index is 1.31. The topological polar surface area (TPSA) is 68.8 Å². The lowest BCUT2D eigenvalue weighted by Crippen LogP contribution is -2.44. The van der Waals surface area contributed by atoms with E-state index in [4.69, 9.17) is 0 Å². The molecule has 3 heterocycles. The normalized spacial score (nSPS) is 20.2. The molecule has 1 aromatic heterocycles. The summed E-state index contributed by atoms with van der Waals surface area (Å²) in [6, 6.07) is 11.8. The van der Waals surface area contributed by atoms with Crippen LogP contribution in [-0.4, -0.2) is 66.4 Å². The third-order valence-electron chi connectivity index (χ3n) is 5.68. The molecule has 0 radical (unpaired) electrons. The van der Waals surface area contributed by atoms with Crippen LogP contribution in [0, 0.1) is 5.92 Å². The molecule has 2 aliphatic heterocycles. The number of aromatic nitrogens is 1. The van der Waals surface area contributed by atoms with E-state index in [0.717, 1.165) is 37.4 Å². The van der Waals surface area contributed by atoms with E-state index < -0.39 is 0 Å². The van der Waals surface area contributed by atoms with Gasteiger partial charge in [-0.05, 0) is 42.9 Å². The van der Waals surface area contributed by atoms with Gasteiger partial charge in [-0.25, -0.2) is 0 Å². The van der Waals surface area contributed by atoms with E-state index in [1.165, 1.54) is 5.69 Å². The Labute approximate surface area is 171 Å². The van der Waals surface area contributed by atoms with Gasteiger partial charge in [0.05, 0.1) is 5.92 Å². The number of hydrogen-bond acceptors (Lipinski definition) is 5. The molecule has 152 valence electrons. The smallest absolute Gasteiger partial charge is 0.229 e. The number of benzene rings is 1. The Morgan fingerprint density at radius 2 is 1.90 bits per heavy atom.